The molecule has 0 amide bonds. The molecular formula is C12H23N3S. The predicted molar refractivity (Wildman–Crippen MR) is 70.7 cm³/mol. The van der Waals surface area contributed by atoms with Crippen LogP contribution in [0.25, 0.3) is 0 Å². The van der Waals surface area contributed by atoms with Gasteiger partial charge in [-0.2, -0.15) is 0 Å². The fraction of sp³-hybridized carbons (Fsp3) is 0.750. The standard InChI is InChI=1S/C12H23N3S/c1-5-15(7-10(2)3)8-11-9-16-12(14-11)6-13-4/h9-10,13H,5-8H2,1-4H3. The Balaban J connectivity index is 2.49. The van der Waals surface area contributed by atoms with Crippen molar-refractivity contribution in [1.29, 1.82) is 0 Å². The number of rotatable bonds is 7. The number of hydrogen-bond acceptors (Lipinski definition) is 4. The Hall–Kier alpha value is -0.450. The molecule has 0 aliphatic carbocycles. The van der Waals surface area contributed by atoms with Crippen molar-refractivity contribution in [3.63, 3.8) is 0 Å². The first-order chi connectivity index (χ1) is 7.65. The summed E-state index contributed by atoms with van der Waals surface area (Å²) in [6.45, 7) is 10.8. The topological polar surface area (TPSA) is 28.2 Å². The van der Waals surface area contributed by atoms with Crippen molar-refractivity contribution in [1.82, 2.24) is 15.2 Å². The summed E-state index contributed by atoms with van der Waals surface area (Å²) in [4.78, 5) is 7.06. The van der Waals surface area contributed by atoms with E-state index in [1.165, 1.54) is 10.7 Å². The lowest BCUT2D eigenvalue weighted by Crippen LogP contribution is -2.27. The van der Waals surface area contributed by atoms with Crippen molar-refractivity contribution in [2.45, 2.75) is 33.9 Å². The fourth-order valence-electron chi connectivity index (χ4n) is 1.70. The van der Waals surface area contributed by atoms with Crippen LogP contribution in [0.2, 0.25) is 0 Å². The molecule has 4 heteroatoms. The first-order valence-corrected chi connectivity index (χ1v) is 6.83. The van der Waals surface area contributed by atoms with Gasteiger partial charge in [0.1, 0.15) is 5.01 Å². The van der Waals surface area contributed by atoms with Crippen molar-refractivity contribution in [2.24, 2.45) is 5.92 Å². The van der Waals surface area contributed by atoms with Crippen molar-refractivity contribution >= 4 is 11.3 Å². The maximum atomic E-state index is 4.61. The molecule has 0 atom stereocenters. The van der Waals surface area contributed by atoms with Crippen molar-refractivity contribution in [2.75, 3.05) is 20.1 Å². The van der Waals surface area contributed by atoms with Gasteiger partial charge in [0.25, 0.3) is 0 Å². The lowest BCUT2D eigenvalue weighted by atomic mass is 10.2. The van der Waals surface area contributed by atoms with E-state index >= 15 is 0 Å². The van der Waals surface area contributed by atoms with Crippen LogP contribution in [0.3, 0.4) is 0 Å². The Labute approximate surface area is 103 Å². The SMILES string of the molecule is CCN(Cc1csc(CNC)n1)CC(C)C. The van der Waals surface area contributed by atoms with Crippen LogP contribution in [-0.4, -0.2) is 30.0 Å². The van der Waals surface area contributed by atoms with E-state index in [-0.39, 0.29) is 0 Å². The maximum absolute atomic E-state index is 4.61. The molecule has 1 heterocycles. The molecule has 92 valence electrons. The van der Waals surface area contributed by atoms with E-state index in [0.29, 0.717) is 0 Å². The molecule has 0 unspecified atom stereocenters. The van der Waals surface area contributed by atoms with E-state index in [9.17, 15) is 0 Å². The highest BCUT2D eigenvalue weighted by molar-refractivity contribution is 7.09. The Kier molecular flexibility index (Phi) is 5.95. The molecule has 0 aromatic carbocycles. The molecule has 0 fully saturated rings. The zero-order valence-electron chi connectivity index (χ0n) is 10.8. The van der Waals surface area contributed by atoms with Gasteiger partial charge >= 0.3 is 0 Å². The summed E-state index contributed by atoms with van der Waals surface area (Å²) < 4.78 is 0. The van der Waals surface area contributed by atoms with E-state index < -0.39 is 0 Å². The van der Waals surface area contributed by atoms with Crippen molar-refractivity contribution in [3.05, 3.63) is 16.1 Å². The summed E-state index contributed by atoms with van der Waals surface area (Å²) in [5.74, 6) is 0.718. The second kappa shape index (κ2) is 6.99. The molecule has 1 N–H and O–H groups in total. The molecule has 0 bridgehead atoms. The summed E-state index contributed by atoms with van der Waals surface area (Å²) in [7, 11) is 1.96. The normalized spacial score (nSPS) is 11.6. The van der Waals surface area contributed by atoms with Gasteiger partial charge in [-0.05, 0) is 19.5 Å². The van der Waals surface area contributed by atoms with Crippen LogP contribution in [0.4, 0.5) is 0 Å². The Morgan fingerprint density at radius 1 is 1.50 bits per heavy atom. The monoisotopic (exact) mass is 241 g/mol. The molecule has 1 rings (SSSR count). The molecule has 0 aliphatic heterocycles. The van der Waals surface area contributed by atoms with Gasteiger partial charge in [0, 0.05) is 25.0 Å². The molecular weight excluding hydrogens is 218 g/mol. The van der Waals surface area contributed by atoms with E-state index in [4.69, 9.17) is 0 Å². The van der Waals surface area contributed by atoms with Gasteiger partial charge in [-0.1, -0.05) is 20.8 Å². The molecule has 0 saturated carbocycles. The van der Waals surface area contributed by atoms with E-state index in [0.717, 1.165) is 32.1 Å². The average molecular weight is 241 g/mol. The van der Waals surface area contributed by atoms with Gasteiger partial charge in [0.05, 0.1) is 5.69 Å². The summed E-state index contributed by atoms with van der Waals surface area (Å²) in [6.07, 6.45) is 0. The largest absolute Gasteiger partial charge is 0.314 e. The Morgan fingerprint density at radius 2 is 2.25 bits per heavy atom. The number of aromatic nitrogens is 1. The van der Waals surface area contributed by atoms with Gasteiger partial charge in [-0.3, -0.25) is 4.90 Å². The van der Waals surface area contributed by atoms with Gasteiger partial charge in [0.2, 0.25) is 0 Å². The highest BCUT2D eigenvalue weighted by Crippen LogP contribution is 2.12. The Bertz CT molecular complexity index is 296. The van der Waals surface area contributed by atoms with Crippen LogP contribution in [-0.2, 0) is 13.1 Å². The van der Waals surface area contributed by atoms with Crippen LogP contribution < -0.4 is 5.32 Å². The highest BCUT2D eigenvalue weighted by Gasteiger charge is 2.08. The third-order valence-corrected chi connectivity index (χ3v) is 3.28. The molecule has 0 spiro atoms. The minimum Gasteiger partial charge on any atom is -0.314 e. The number of thiazole rings is 1. The van der Waals surface area contributed by atoms with Crippen LogP contribution in [0.1, 0.15) is 31.5 Å². The average Bonchev–Trinajstić information content (AvgIpc) is 2.64. The third kappa shape index (κ3) is 4.60. The van der Waals surface area contributed by atoms with Crippen LogP contribution in [0, 0.1) is 5.92 Å². The second-order valence-corrected chi connectivity index (χ2v) is 5.43. The van der Waals surface area contributed by atoms with E-state index in [1.807, 2.05) is 7.05 Å². The van der Waals surface area contributed by atoms with Gasteiger partial charge in [-0.15, -0.1) is 11.3 Å². The summed E-state index contributed by atoms with van der Waals surface area (Å²) in [5.41, 5.74) is 1.21. The number of hydrogen-bond donors (Lipinski definition) is 1. The molecule has 16 heavy (non-hydrogen) atoms. The fourth-order valence-corrected chi connectivity index (χ4v) is 2.50. The first kappa shape index (κ1) is 13.6. The van der Waals surface area contributed by atoms with E-state index in [1.54, 1.807) is 11.3 Å². The summed E-state index contributed by atoms with van der Waals surface area (Å²) in [5, 5.41) is 6.49. The molecule has 0 radical (unpaired) electrons. The minimum atomic E-state index is 0.718. The summed E-state index contributed by atoms with van der Waals surface area (Å²) >= 11 is 1.75. The quantitative estimate of drug-likeness (QED) is 0.794. The first-order valence-electron chi connectivity index (χ1n) is 5.96. The molecule has 0 saturated heterocycles. The van der Waals surface area contributed by atoms with Gasteiger partial charge < -0.3 is 5.32 Å². The number of nitrogens with one attached hydrogen (secondary N) is 1. The zero-order chi connectivity index (χ0) is 12.0. The molecule has 1 aromatic heterocycles. The van der Waals surface area contributed by atoms with Gasteiger partial charge in [-0.25, -0.2) is 4.98 Å². The zero-order valence-corrected chi connectivity index (χ0v) is 11.6. The Morgan fingerprint density at radius 3 is 2.81 bits per heavy atom. The molecule has 1 aromatic rings. The summed E-state index contributed by atoms with van der Waals surface area (Å²) in [6, 6.07) is 0. The maximum Gasteiger partial charge on any atom is 0.107 e. The molecule has 0 aliphatic rings. The predicted octanol–water partition coefficient (Wildman–Crippen LogP) is 2.34. The number of nitrogens with zero attached hydrogens (tertiary/aromatic N) is 2. The smallest absolute Gasteiger partial charge is 0.107 e. The lowest BCUT2D eigenvalue weighted by Gasteiger charge is -2.21. The third-order valence-electron chi connectivity index (χ3n) is 2.38. The van der Waals surface area contributed by atoms with Crippen LogP contribution in [0.5, 0.6) is 0 Å². The molecule has 3 nitrogen and oxygen atoms in total. The van der Waals surface area contributed by atoms with E-state index in [2.05, 4.69) is 41.4 Å². The lowest BCUT2D eigenvalue weighted by molar-refractivity contribution is 0.246. The van der Waals surface area contributed by atoms with Crippen molar-refractivity contribution in [3.8, 4) is 0 Å². The van der Waals surface area contributed by atoms with Crippen molar-refractivity contribution < 1.29 is 0 Å². The van der Waals surface area contributed by atoms with Crippen LogP contribution in [0.15, 0.2) is 5.38 Å². The van der Waals surface area contributed by atoms with Gasteiger partial charge in [0.15, 0.2) is 0 Å². The minimum absolute atomic E-state index is 0.718. The second-order valence-electron chi connectivity index (χ2n) is 4.48. The highest BCUT2D eigenvalue weighted by atomic mass is 32.1. The van der Waals surface area contributed by atoms with Crippen LogP contribution >= 0.6 is 11.3 Å².